The van der Waals surface area contributed by atoms with Crippen molar-refractivity contribution in [3.05, 3.63) is 0 Å². The van der Waals surface area contributed by atoms with Crippen LogP contribution in [0, 0.1) is 0 Å². The summed E-state index contributed by atoms with van der Waals surface area (Å²) >= 11 is 0. The first-order valence-corrected chi connectivity index (χ1v) is 7.88. The molecule has 0 aromatic heterocycles. The molecule has 5 nitrogen and oxygen atoms in total. The first-order valence-electron chi connectivity index (χ1n) is 6.27. The van der Waals surface area contributed by atoms with Crippen LogP contribution < -0.4 is 5.32 Å². The van der Waals surface area contributed by atoms with Gasteiger partial charge in [0.05, 0.1) is 17.9 Å². The second kappa shape index (κ2) is 6.68. The Labute approximate surface area is 105 Å². The number of hydrogen-bond acceptors (Lipinski definition) is 4. The van der Waals surface area contributed by atoms with Crippen molar-refractivity contribution in [3.8, 4) is 0 Å². The van der Waals surface area contributed by atoms with Crippen molar-refractivity contribution in [2.24, 2.45) is 0 Å². The fourth-order valence-electron chi connectivity index (χ4n) is 2.05. The number of nitrogens with zero attached hydrogens (tertiary/aromatic N) is 1. The molecule has 1 aliphatic rings. The average Bonchev–Trinajstić information content (AvgIpc) is 2.70. The lowest BCUT2D eigenvalue weighted by Crippen LogP contribution is -2.43. The van der Waals surface area contributed by atoms with Crippen LogP contribution in [0.15, 0.2) is 0 Å². The quantitative estimate of drug-likeness (QED) is 0.677. The number of hydrogen-bond donors (Lipinski definition) is 1. The lowest BCUT2D eigenvalue weighted by Gasteiger charge is -2.26. The highest BCUT2D eigenvalue weighted by molar-refractivity contribution is 7.89. The van der Waals surface area contributed by atoms with Gasteiger partial charge in [0.15, 0.2) is 0 Å². The van der Waals surface area contributed by atoms with Gasteiger partial charge >= 0.3 is 0 Å². The van der Waals surface area contributed by atoms with Crippen LogP contribution in [0.1, 0.15) is 26.7 Å². The van der Waals surface area contributed by atoms with Gasteiger partial charge in [-0.3, -0.25) is 0 Å². The first-order chi connectivity index (χ1) is 7.99. The van der Waals surface area contributed by atoms with Crippen molar-refractivity contribution in [1.82, 2.24) is 9.62 Å². The lowest BCUT2D eigenvalue weighted by molar-refractivity contribution is 0.102. The van der Waals surface area contributed by atoms with E-state index in [1.807, 2.05) is 6.92 Å². The largest absolute Gasteiger partial charge is 0.377 e. The van der Waals surface area contributed by atoms with Crippen molar-refractivity contribution in [2.75, 3.05) is 32.5 Å². The molecule has 1 N–H and O–H groups in total. The van der Waals surface area contributed by atoms with E-state index < -0.39 is 10.0 Å². The SMILES string of the molecule is CCCNCCS(=O)(=O)N(C)C1CCOC1C. The number of rotatable bonds is 7. The summed E-state index contributed by atoms with van der Waals surface area (Å²) in [6, 6.07) is -0.00817. The molecule has 0 spiro atoms. The summed E-state index contributed by atoms with van der Waals surface area (Å²) in [5.74, 6) is 0.159. The average molecular weight is 264 g/mol. The summed E-state index contributed by atoms with van der Waals surface area (Å²) < 4.78 is 31.0. The van der Waals surface area contributed by atoms with Gasteiger partial charge in [0.2, 0.25) is 10.0 Å². The highest BCUT2D eigenvalue weighted by Gasteiger charge is 2.33. The predicted molar refractivity (Wildman–Crippen MR) is 68.5 cm³/mol. The number of nitrogens with one attached hydrogen (secondary N) is 1. The maximum Gasteiger partial charge on any atom is 0.215 e. The van der Waals surface area contributed by atoms with Gasteiger partial charge in [0.1, 0.15) is 0 Å². The summed E-state index contributed by atoms with van der Waals surface area (Å²) in [5.41, 5.74) is 0. The Morgan fingerprint density at radius 1 is 1.41 bits per heavy atom. The predicted octanol–water partition coefficient (Wildman–Crippen LogP) is 0.425. The minimum absolute atomic E-state index is 0.00150. The summed E-state index contributed by atoms with van der Waals surface area (Å²) in [6.07, 6.45) is 1.81. The van der Waals surface area contributed by atoms with Crippen molar-refractivity contribution in [2.45, 2.75) is 38.8 Å². The van der Waals surface area contributed by atoms with E-state index in [0.29, 0.717) is 13.2 Å². The zero-order valence-electron chi connectivity index (χ0n) is 11.0. The first kappa shape index (κ1) is 14.9. The van der Waals surface area contributed by atoms with E-state index in [9.17, 15) is 8.42 Å². The van der Waals surface area contributed by atoms with Crippen molar-refractivity contribution in [3.63, 3.8) is 0 Å². The summed E-state index contributed by atoms with van der Waals surface area (Å²) in [7, 11) is -1.51. The van der Waals surface area contributed by atoms with Gasteiger partial charge in [-0.2, -0.15) is 4.31 Å². The zero-order valence-corrected chi connectivity index (χ0v) is 11.8. The van der Waals surface area contributed by atoms with Crippen LogP contribution in [0.3, 0.4) is 0 Å². The zero-order chi connectivity index (χ0) is 12.9. The Bertz CT molecular complexity index is 319. The molecule has 1 saturated heterocycles. The fourth-order valence-corrected chi connectivity index (χ4v) is 3.43. The minimum atomic E-state index is -3.17. The van der Waals surface area contributed by atoms with Gasteiger partial charge < -0.3 is 10.1 Å². The van der Waals surface area contributed by atoms with Gasteiger partial charge in [-0.1, -0.05) is 6.92 Å². The maximum atomic E-state index is 12.1. The molecule has 0 amide bonds. The Balaban J connectivity index is 2.45. The monoisotopic (exact) mass is 264 g/mol. The van der Waals surface area contributed by atoms with Crippen LogP contribution in [0.5, 0.6) is 0 Å². The highest BCUT2D eigenvalue weighted by atomic mass is 32.2. The molecule has 0 aromatic rings. The lowest BCUT2D eigenvalue weighted by atomic mass is 10.2. The van der Waals surface area contributed by atoms with Crippen LogP contribution in [0.2, 0.25) is 0 Å². The molecule has 0 aromatic carbocycles. The van der Waals surface area contributed by atoms with Crippen molar-refractivity contribution >= 4 is 10.0 Å². The summed E-state index contributed by atoms with van der Waals surface area (Å²) in [6.45, 7) is 6.02. The number of ether oxygens (including phenoxy) is 1. The van der Waals surface area contributed by atoms with E-state index in [0.717, 1.165) is 19.4 Å². The van der Waals surface area contributed by atoms with Crippen LogP contribution >= 0.6 is 0 Å². The van der Waals surface area contributed by atoms with Gasteiger partial charge in [-0.15, -0.1) is 0 Å². The van der Waals surface area contributed by atoms with E-state index in [-0.39, 0.29) is 17.9 Å². The molecular weight excluding hydrogens is 240 g/mol. The molecule has 1 fully saturated rings. The van der Waals surface area contributed by atoms with Crippen LogP contribution in [0.25, 0.3) is 0 Å². The molecule has 6 heteroatoms. The standard InChI is InChI=1S/C11H24N2O3S/c1-4-6-12-7-9-17(14,15)13(3)11-5-8-16-10(11)2/h10-12H,4-9H2,1-3H3. The summed E-state index contributed by atoms with van der Waals surface area (Å²) in [5, 5.41) is 3.11. The molecule has 0 saturated carbocycles. The minimum Gasteiger partial charge on any atom is -0.377 e. The van der Waals surface area contributed by atoms with E-state index in [2.05, 4.69) is 12.2 Å². The smallest absolute Gasteiger partial charge is 0.215 e. The van der Waals surface area contributed by atoms with Crippen LogP contribution in [-0.4, -0.2) is 57.4 Å². The number of sulfonamides is 1. The van der Waals surface area contributed by atoms with Gasteiger partial charge in [-0.05, 0) is 26.3 Å². The Morgan fingerprint density at radius 3 is 2.65 bits per heavy atom. The van der Waals surface area contributed by atoms with Crippen LogP contribution in [-0.2, 0) is 14.8 Å². The van der Waals surface area contributed by atoms with E-state index in [1.54, 1.807) is 7.05 Å². The normalized spacial score (nSPS) is 25.6. The highest BCUT2D eigenvalue weighted by Crippen LogP contribution is 2.20. The second-order valence-corrected chi connectivity index (χ2v) is 6.66. The van der Waals surface area contributed by atoms with Gasteiger partial charge in [-0.25, -0.2) is 8.42 Å². The maximum absolute atomic E-state index is 12.1. The molecule has 1 rings (SSSR count). The molecule has 0 aliphatic carbocycles. The summed E-state index contributed by atoms with van der Waals surface area (Å²) in [4.78, 5) is 0. The van der Waals surface area contributed by atoms with Gasteiger partial charge in [0.25, 0.3) is 0 Å². The van der Waals surface area contributed by atoms with E-state index in [4.69, 9.17) is 4.74 Å². The Hall–Kier alpha value is -0.170. The molecule has 0 bridgehead atoms. The molecular formula is C11H24N2O3S. The number of likely N-dealkylation sites (N-methyl/N-ethyl adjacent to an activating group) is 1. The second-order valence-electron chi connectivity index (χ2n) is 4.51. The Morgan fingerprint density at radius 2 is 2.12 bits per heavy atom. The third-order valence-electron chi connectivity index (χ3n) is 3.21. The molecule has 1 heterocycles. The van der Waals surface area contributed by atoms with E-state index >= 15 is 0 Å². The van der Waals surface area contributed by atoms with Crippen molar-refractivity contribution in [1.29, 1.82) is 0 Å². The van der Waals surface area contributed by atoms with E-state index in [1.165, 1.54) is 4.31 Å². The van der Waals surface area contributed by atoms with Gasteiger partial charge in [0, 0.05) is 20.2 Å². The fraction of sp³-hybridized carbons (Fsp3) is 1.00. The molecule has 17 heavy (non-hydrogen) atoms. The topological polar surface area (TPSA) is 58.6 Å². The third kappa shape index (κ3) is 4.21. The molecule has 2 unspecified atom stereocenters. The molecule has 1 aliphatic heterocycles. The third-order valence-corrected chi connectivity index (χ3v) is 5.07. The van der Waals surface area contributed by atoms with Crippen LogP contribution in [0.4, 0.5) is 0 Å². The van der Waals surface area contributed by atoms with Crippen molar-refractivity contribution < 1.29 is 13.2 Å². The molecule has 2 atom stereocenters. The molecule has 0 radical (unpaired) electrons. The Kier molecular flexibility index (Phi) is 5.85. The molecule has 102 valence electrons.